The Balaban J connectivity index is 1.93. The van der Waals surface area contributed by atoms with E-state index in [-0.39, 0.29) is 0 Å². The summed E-state index contributed by atoms with van der Waals surface area (Å²) < 4.78 is 14.8. The molecule has 122 valence electrons. The molecular formula is C19H24FN3. The van der Waals surface area contributed by atoms with Crippen LogP contribution in [-0.2, 0) is 20.1 Å². The molecule has 0 spiro atoms. The van der Waals surface area contributed by atoms with Crippen LogP contribution in [0, 0.1) is 0 Å². The summed E-state index contributed by atoms with van der Waals surface area (Å²) in [5.74, 6) is 0. The zero-order valence-corrected chi connectivity index (χ0v) is 13.9. The van der Waals surface area contributed by atoms with Gasteiger partial charge in [0, 0.05) is 37.1 Å². The van der Waals surface area contributed by atoms with Gasteiger partial charge in [0.15, 0.2) is 0 Å². The Bertz CT molecular complexity index is 705. The molecule has 3 rings (SSSR count). The summed E-state index contributed by atoms with van der Waals surface area (Å²) in [7, 11) is 1.83. The van der Waals surface area contributed by atoms with Crippen LogP contribution in [0.25, 0.3) is 11.1 Å². The zero-order chi connectivity index (χ0) is 16.4. The number of halogens is 1. The minimum absolute atomic E-state index is 0.395. The van der Waals surface area contributed by atoms with Gasteiger partial charge in [-0.2, -0.15) is 5.10 Å². The predicted molar refractivity (Wildman–Crippen MR) is 93.4 cm³/mol. The molecule has 0 N–H and O–H groups in total. The third-order valence-corrected chi connectivity index (χ3v) is 4.61. The molecule has 2 aromatic rings. The van der Waals surface area contributed by atoms with Crippen LogP contribution in [0.2, 0.25) is 0 Å². The van der Waals surface area contributed by atoms with Gasteiger partial charge in [-0.25, -0.2) is 4.39 Å². The molecule has 0 saturated carbocycles. The highest BCUT2D eigenvalue weighted by atomic mass is 19.1. The van der Waals surface area contributed by atoms with Crippen molar-refractivity contribution < 1.29 is 4.39 Å². The van der Waals surface area contributed by atoms with Crippen molar-refractivity contribution in [2.24, 2.45) is 7.05 Å². The van der Waals surface area contributed by atoms with Crippen molar-refractivity contribution in [3.63, 3.8) is 0 Å². The number of rotatable bonds is 6. The standard InChI is InChI=1S/C19H24FN3/c1-4-6-16(5-2)23-10-9-15-11-14(7-8-19(15)23)17-13-22(3)21-18(17)12-20/h5,7-8,11,13,16H,2,4,6,9-10,12H2,1,3H3. The Labute approximate surface area is 137 Å². The largest absolute Gasteiger partial charge is 0.365 e. The highest BCUT2D eigenvalue weighted by Crippen LogP contribution is 2.35. The van der Waals surface area contributed by atoms with Crippen LogP contribution in [0.15, 0.2) is 37.1 Å². The average Bonchev–Trinajstić information content (AvgIpc) is 3.15. The number of anilines is 1. The maximum atomic E-state index is 13.2. The molecule has 1 aromatic heterocycles. The van der Waals surface area contributed by atoms with Crippen LogP contribution in [0.1, 0.15) is 31.0 Å². The lowest BCUT2D eigenvalue weighted by Crippen LogP contribution is -2.31. The number of nitrogens with zero attached hydrogens (tertiary/aromatic N) is 3. The van der Waals surface area contributed by atoms with Gasteiger partial charge in [-0.3, -0.25) is 4.68 Å². The van der Waals surface area contributed by atoms with E-state index in [1.807, 2.05) is 13.2 Å². The van der Waals surface area contributed by atoms with Crippen molar-refractivity contribution in [1.82, 2.24) is 9.78 Å². The second kappa shape index (κ2) is 6.57. The molecule has 0 bridgehead atoms. The maximum absolute atomic E-state index is 13.2. The second-order valence-corrected chi connectivity index (χ2v) is 6.18. The summed E-state index contributed by atoms with van der Waals surface area (Å²) in [4.78, 5) is 2.44. The molecule has 0 fully saturated rings. The lowest BCUT2D eigenvalue weighted by Gasteiger charge is -2.27. The quantitative estimate of drug-likeness (QED) is 0.742. The van der Waals surface area contributed by atoms with Gasteiger partial charge in [-0.15, -0.1) is 6.58 Å². The average molecular weight is 313 g/mol. The van der Waals surface area contributed by atoms with E-state index in [4.69, 9.17) is 0 Å². The predicted octanol–water partition coefficient (Wildman–Crippen LogP) is 4.27. The van der Waals surface area contributed by atoms with Gasteiger partial charge in [0.1, 0.15) is 12.4 Å². The van der Waals surface area contributed by atoms with E-state index in [2.05, 4.69) is 47.8 Å². The van der Waals surface area contributed by atoms with E-state index in [1.165, 1.54) is 11.3 Å². The minimum Gasteiger partial charge on any atom is -0.365 e. The summed E-state index contributed by atoms with van der Waals surface area (Å²) in [5.41, 5.74) is 5.08. The molecule has 0 amide bonds. The molecule has 2 heterocycles. The first-order valence-electron chi connectivity index (χ1n) is 8.29. The second-order valence-electron chi connectivity index (χ2n) is 6.18. The highest BCUT2D eigenvalue weighted by Gasteiger charge is 2.24. The monoisotopic (exact) mass is 313 g/mol. The van der Waals surface area contributed by atoms with Gasteiger partial charge >= 0.3 is 0 Å². The van der Waals surface area contributed by atoms with Crippen molar-refractivity contribution >= 4 is 5.69 Å². The van der Waals surface area contributed by atoms with Crippen LogP contribution in [0.4, 0.5) is 10.1 Å². The zero-order valence-electron chi connectivity index (χ0n) is 13.9. The molecule has 0 saturated heterocycles. The lowest BCUT2D eigenvalue weighted by molar-refractivity contribution is 0.472. The summed E-state index contributed by atoms with van der Waals surface area (Å²) in [5, 5.41) is 4.20. The third kappa shape index (κ3) is 2.90. The number of alkyl halides is 1. The van der Waals surface area contributed by atoms with Gasteiger partial charge in [0.05, 0.1) is 0 Å². The van der Waals surface area contributed by atoms with Crippen LogP contribution >= 0.6 is 0 Å². The SMILES string of the molecule is C=CC(CCC)N1CCc2cc(-c3cn(C)nc3CF)ccc21. The summed E-state index contributed by atoms with van der Waals surface area (Å²) in [6.07, 6.45) is 7.25. The number of hydrogen-bond acceptors (Lipinski definition) is 2. The Hall–Kier alpha value is -2.10. The van der Waals surface area contributed by atoms with Crippen LogP contribution in [0.3, 0.4) is 0 Å². The first-order valence-corrected chi connectivity index (χ1v) is 8.29. The fraction of sp³-hybridized carbons (Fsp3) is 0.421. The van der Waals surface area contributed by atoms with Gasteiger partial charge in [-0.05, 0) is 36.1 Å². The summed E-state index contributed by atoms with van der Waals surface area (Å²) in [6, 6.07) is 6.84. The van der Waals surface area contributed by atoms with E-state index in [9.17, 15) is 4.39 Å². The molecule has 1 aliphatic heterocycles. The molecule has 1 atom stereocenters. The van der Waals surface area contributed by atoms with Crippen LogP contribution < -0.4 is 4.90 Å². The summed E-state index contributed by atoms with van der Waals surface area (Å²) >= 11 is 0. The molecule has 4 heteroatoms. The van der Waals surface area contributed by atoms with Crippen molar-refractivity contribution in [3.05, 3.63) is 48.3 Å². The molecule has 1 aromatic carbocycles. The Kier molecular flexibility index (Phi) is 4.51. The van der Waals surface area contributed by atoms with Crippen molar-refractivity contribution in [2.75, 3.05) is 11.4 Å². The molecule has 3 nitrogen and oxygen atoms in total. The molecular weight excluding hydrogens is 289 g/mol. The number of aromatic nitrogens is 2. The van der Waals surface area contributed by atoms with Gasteiger partial charge in [0.25, 0.3) is 0 Å². The fourth-order valence-corrected chi connectivity index (χ4v) is 3.51. The molecule has 1 aliphatic rings. The molecule has 23 heavy (non-hydrogen) atoms. The van der Waals surface area contributed by atoms with E-state index in [0.717, 1.165) is 36.9 Å². The van der Waals surface area contributed by atoms with Crippen molar-refractivity contribution in [1.29, 1.82) is 0 Å². The highest BCUT2D eigenvalue weighted by molar-refractivity contribution is 5.72. The van der Waals surface area contributed by atoms with E-state index >= 15 is 0 Å². The number of benzene rings is 1. The number of fused-ring (bicyclic) bond motifs is 1. The van der Waals surface area contributed by atoms with Crippen LogP contribution in [-0.4, -0.2) is 22.4 Å². The van der Waals surface area contributed by atoms with E-state index in [1.54, 1.807) is 4.68 Å². The molecule has 0 radical (unpaired) electrons. The fourth-order valence-electron chi connectivity index (χ4n) is 3.51. The van der Waals surface area contributed by atoms with Gasteiger partial charge in [-0.1, -0.05) is 25.5 Å². The minimum atomic E-state index is -0.533. The Morgan fingerprint density at radius 1 is 1.43 bits per heavy atom. The number of aryl methyl sites for hydroxylation is 1. The van der Waals surface area contributed by atoms with Gasteiger partial charge < -0.3 is 4.90 Å². The lowest BCUT2D eigenvalue weighted by atomic mass is 10.0. The first-order chi connectivity index (χ1) is 11.2. The number of hydrogen-bond donors (Lipinski definition) is 0. The van der Waals surface area contributed by atoms with Gasteiger partial charge in [0.2, 0.25) is 0 Å². The maximum Gasteiger partial charge on any atom is 0.134 e. The summed E-state index contributed by atoms with van der Waals surface area (Å²) in [6.45, 7) is 6.69. The smallest absolute Gasteiger partial charge is 0.134 e. The van der Waals surface area contributed by atoms with Crippen molar-refractivity contribution in [2.45, 2.75) is 38.9 Å². The van der Waals surface area contributed by atoms with E-state index < -0.39 is 6.67 Å². The Morgan fingerprint density at radius 2 is 2.26 bits per heavy atom. The van der Waals surface area contributed by atoms with Crippen molar-refractivity contribution in [3.8, 4) is 11.1 Å². The van der Waals surface area contributed by atoms with Crippen LogP contribution in [0.5, 0.6) is 0 Å². The molecule has 0 aliphatic carbocycles. The normalized spacial score (nSPS) is 14.8. The third-order valence-electron chi connectivity index (χ3n) is 4.61. The molecule has 1 unspecified atom stereocenters. The first kappa shape index (κ1) is 15.8. The van der Waals surface area contributed by atoms with E-state index in [0.29, 0.717) is 11.7 Å². The Morgan fingerprint density at radius 3 is 2.96 bits per heavy atom. The topological polar surface area (TPSA) is 21.1 Å².